The minimum absolute atomic E-state index is 0.204. The van der Waals surface area contributed by atoms with Crippen molar-refractivity contribution in [1.82, 2.24) is 15.0 Å². The number of benzene rings is 2. The van der Waals surface area contributed by atoms with Crippen LogP contribution in [0.5, 0.6) is 5.75 Å². The molecule has 0 unspecified atom stereocenters. The van der Waals surface area contributed by atoms with E-state index in [1.165, 1.54) is 6.21 Å². The highest BCUT2D eigenvalue weighted by molar-refractivity contribution is 5.90. The van der Waals surface area contributed by atoms with Crippen LogP contribution in [0.1, 0.15) is 28.8 Å². The predicted molar refractivity (Wildman–Crippen MR) is 153 cm³/mol. The van der Waals surface area contributed by atoms with Gasteiger partial charge in [-0.25, -0.2) is 10.2 Å². The van der Waals surface area contributed by atoms with Gasteiger partial charge in [-0.05, 0) is 67.6 Å². The zero-order chi connectivity index (χ0) is 28.4. The van der Waals surface area contributed by atoms with Crippen LogP contribution in [0.15, 0.2) is 93.0 Å². The van der Waals surface area contributed by atoms with Crippen LogP contribution < -0.4 is 20.8 Å². The molecule has 0 aliphatic heterocycles. The van der Waals surface area contributed by atoms with Gasteiger partial charge in [-0.2, -0.15) is 20.1 Å². The molecular formula is C29H27N7O5. The molecule has 0 saturated carbocycles. The number of hydrazone groups is 1. The minimum atomic E-state index is -0.364. The van der Waals surface area contributed by atoms with Crippen LogP contribution in [0.3, 0.4) is 0 Å². The molecule has 12 nitrogen and oxygen atoms in total. The van der Waals surface area contributed by atoms with Gasteiger partial charge in [0.25, 0.3) is 0 Å². The van der Waals surface area contributed by atoms with E-state index in [0.717, 1.165) is 22.8 Å². The summed E-state index contributed by atoms with van der Waals surface area (Å²) in [5.41, 5.74) is 4.88. The summed E-state index contributed by atoms with van der Waals surface area (Å²) in [7, 11) is 1.61. The summed E-state index contributed by atoms with van der Waals surface area (Å²) in [6.45, 7) is 2.48. The predicted octanol–water partition coefficient (Wildman–Crippen LogP) is 5.71. The van der Waals surface area contributed by atoms with E-state index in [4.69, 9.17) is 18.3 Å². The quantitative estimate of drug-likeness (QED) is 0.0990. The Balaban J connectivity index is 1.28. The maximum Gasteiger partial charge on any atom is 0.338 e. The van der Waals surface area contributed by atoms with E-state index in [-0.39, 0.29) is 11.9 Å². The first kappa shape index (κ1) is 26.9. The molecule has 0 fully saturated rings. The van der Waals surface area contributed by atoms with Crippen molar-refractivity contribution in [2.24, 2.45) is 5.10 Å². The number of aromatic nitrogens is 3. The third-order valence-corrected chi connectivity index (χ3v) is 5.65. The molecule has 0 radical (unpaired) electrons. The molecule has 3 aromatic heterocycles. The Bertz CT molecular complexity index is 1600. The summed E-state index contributed by atoms with van der Waals surface area (Å²) >= 11 is 0. The van der Waals surface area contributed by atoms with Crippen molar-refractivity contribution >= 4 is 35.7 Å². The van der Waals surface area contributed by atoms with Gasteiger partial charge in [0.15, 0.2) is 0 Å². The van der Waals surface area contributed by atoms with Gasteiger partial charge in [0.1, 0.15) is 23.0 Å². The van der Waals surface area contributed by atoms with Crippen molar-refractivity contribution in [3.63, 3.8) is 0 Å². The lowest BCUT2D eigenvalue weighted by Gasteiger charge is -2.10. The highest BCUT2D eigenvalue weighted by atomic mass is 16.5. The molecule has 0 atom stereocenters. The molecule has 3 heterocycles. The Kier molecular flexibility index (Phi) is 8.50. The zero-order valence-electron chi connectivity index (χ0n) is 22.3. The minimum Gasteiger partial charge on any atom is -0.497 e. The fraction of sp³-hybridized carbons (Fsp3) is 0.138. The molecule has 5 rings (SSSR count). The second-order valence-corrected chi connectivity index (χ2v) is 8.46. The Labute approximate surface area is 235 Å². The summed E-state index contributed by atoms with van der Waals surface area (Å²) in [4.78, 5) is 25.1. The molecule has 2 aromatic carbocycles. The summed E-state index contributed by atoms with van der Waals surface area (Å²) in [5, 5.41) is 10.5. The average Bonchev–Trinajstić information content (AvgIpc) is 3.70. The molecule has 0 aliphatic carbocycles. The van der Waals surface area contributed by atoms with Crippen LogP contribution in [0.2, 0.25) is 0 Å². The van der Waals surface area contributed by atoms with Gasteiger partial charge in [-0.15, -0.1) is 0 Å². The number of hydrogen-bond donors (Lipinski definition) is 3. The highest BCUT2D eigenvalue weighted by Gasteiger charge is 2.10. The van der Waals surface area contributed by atoms with E-state index < -0.39 is 0 Å². The first-order chi connectivity index (χ1) is 20.1. The van der Waals surface area contributed by atoms with E-state index in [2.05, 4.69) is 36.1 Å². The number of furan rings is 2. The van der Waals surface area contributed by atoms with E-state index in [1.54, 1.807) is 56.7 Å². The molecule has 0 aliphatic rings. The van der Waals surface area contributed by atoms with E-state index in [9.17, 15) is 4.79 Å². The van der Waals surface area contributed by atoms with Crippen LogP contribution in [-0.4, -0.2) is 40.9 Å². The largest absolute Gasteiger partial charge is 0.497 e. The van der Waals surface area contributed by atoms with Crippen LogP contribution >= 0.6 is 0 Å². The zero-order valence-corrected chi connectivity index (χ0v) is 22.3. The monoisotopic (exact) mass is 553 g/mol. The lowest BCUT2D eigenvalue weighted by molar-refractivity contribution is 0.0526. The van der Waals surface area contributed by atoms with Gasteiger partial charge < -0.3 is 28.9 Å². The number of anilines is 4. The number of nitrogens with one attached hydrogen (secondary N) is 3. The van der Waals surface area contributed by atoms with Crippen molar-refractivity contribution in [2.45, 2.75) is 13.5 Å². The average molecular weight is 554 g/mol. The number of carbonyl (C=O) groups is 1. The first-order valence-corrected chi connectivity index (χ1v) is 12.7. The van der Waals surface area contributed by atoms with Crippen molar-refractivity contribution < 1.29 is 23.1 Å². The van der Waals surface area contributed by atoms with Crippen molar-refractivity contribution in [3.05, 3.63) is 96.1 Å². The third-order valence-electron chi connectivity index (χ3n) is 5.65. The molecule has 5 aromatic rings. The molecule has 3 N–H and O–H groups in total. The van der Waals surface area contributed by atoms with Crippen LogP contribution in [-0.2, 0) is 11.3 Å². The number of ether oxygens (including phenoxy) is 2. The SMILES string of the molecule is CCOC(=O)c1ccc(-c2ccc(/C=N/Nc3nc(NCc4ccco4)nc(Nc4ccc(OC)cc4)n3)o2)cc1. The fourth-order valence-electron chi connectivity index (χ4n) is 3.66. The maximum absolute atomic E-state index is 11.9. The Morgan fingerprint density at radius 2 is 1.73 bits per heavy atom. The number of carbonyl (C=O) groups excluding carboxylic acids is 1. The Hall–Kier alpha value is -5.65. The third kappa shape index (κ3) is 7.26. The maximum atomic E-state index is 11.9. The molecule has 41 heavy (non-hydrogen) atoms. The fourth-order valence-corrected chi connectivity index (χ4v) is 3.66. The highest BCUT2D eigenvalue weighted by Crippen LogP contribution is 2.23. The molecule has 0 amide bonds. The van der Waals surface area contributed by atoms with Gasteiger partial charge in [0, 0.05) is 11.3 Å². The van der Waals surface area contributed by atoms with Crippen molar-refractivity contribution in [3.8, 4) is 17.1 Å². The Morgan fingerprint density at radius 3 is 2.46 bits per heavy atom. The van der Waals surface area contributed by atoms with Crippen LogP contribution in [0.25, 0.3) is 11.3 Å². The van der Waals surface area contributed by atoms with Crippen LogP contribution in [0, 0.1) is 0 Å². The molecular weight excluding hydrogens is 526 g/mol. The van der Waals surface area contributed by atoms with Crippen LogP contribution in [0.4, 0.5) is 23.5 Å². The molecule has 208 valence electrons. The summed E-state index contributed by atoms with van der Waals surface area (Å²) in [6.07, 6.45) is 3.11. The van der Waals surface area contributed by atoms with E-state index in [0.29, 0.717) is 42.1 Å². The van der Waals surface area contributed by atoms with Gasteiger partial charge >= 0.3 is 5.97 Å². The van der Waals surface area contributed by atoms with Gasteiger partial charge in [0.05, 0.1) is 38.3 Å². The lowest BCUT2D eigenvalue weighted by atomic mass is 10.1. The lowest BCUT2D eigenvalue weighted by Crippen LogP contribution is -2.09. The summed E-state index contributed by atoms with van der Waals surface area (Å²) in [5.74, 6) is 3.05. The standard InChI is InChI=1S/C29H27N7O5/c1-3-39-26(37)20-8-6-19(7-9-20)25-15-14-24(41-25)18-31-36-29-34-27(30-17-23-5-4-16-40-23)33-28(35-29)32-21-10-12-22(38-2)13-11-21/h4-16,18H,3,17H2,1-2H3,(H3,30,32,33,34,35,36)/b31-18+. The molecule has 0 saturated heterocycles. The first-order valence-electron chi connectivity index (χ1n) is 12.7. The van der Waals surface area contributed by atoms with Crippen molar-refractivity contribution in [2.75, 3.05) is 29.8 Å². The normalized spacial score (nSPS) is 10.9. The van der Waals surface area contributed by atoms with Gasteiger partial charge in [0.2, 0.25) is 17.8 Å². The van der Waals surface area contributed by atoms with E-state index in [1.807, 2.05) is 36.4 Å². The Morgan fingerprint density at radius 1 is 0.951 bits per heavy atom. The van der Waals surface area contributed by atoms with Crippen molar-refractivity contribution in [1.29, 1.82) is 0 Å². The molecule has 0 bridgehead atoms. The number of rotatable bonds is 12. The van der Waals surface area contributed by atoms with E-state index >= 15 is 0 Å². The number of esters is 1. The molecule has 0 spiro atoms. The second kappa shape index (κ2) is 12.9. The number of nitrogens with zero attached hydrogens (tertiary/aromatic N) is 4. The summed E-state index contributed by atoms with van der Waals surface area (Å²) in [6, 6.07) is 21.6. The second-order valence-electron chi connectivity index (χ2n) is 8.46. The smallest absolute Gasteiger partial charge is 0.338 e. The topological polar surface area (TPSA) is 149 Å². The van der Waals surface area contributed by atoms with Gasteiger partial charge in [-0.3, -0.25) is 0 Å². The number of methoxy groups -OCH3 is 1. The summed E-state index contributed by atoms with van der Waals surface area (Å²) < 4.78 is 21.5. The molecule has 12 heteroatoms. The number of hydrogen-bond acceptors (Lipinski definition) is 12. The van der Waals surface area contributed by atoms with Gasteiger partial charge in [-0.1, -0.05) is 12.1 Å².